The Bertz CT molecular complexity index is 455. The molecule has 132 valence electrons. The topological polar surface area (TPSA) is 47.0 Å². The van der Waals surface area contributed by atoms with Gasteiger partial charge in [-0.05, 0) is 24.3 Å². The van der Waals surface area contributed by atoms with Crippen LogP contribution < -0.4 is 0 Å². The van der Waals surface area contributed by atoms with Crippen molar-refractivity contribution < 1.29 is 9.90 Å². The zero-order valence-electron chi connectivity index (χ0n) is 15.4. The summed E-state index contributed by atoms with van der Waals surface area (Å²) in [6.45, 7) is 14.2. The molecule has 1 saturated carbocycles. The van der Waals surface area contributed by atoms with Crippen LogP contribution in [-0.4, -0.2) is 84.2 Å². The Hall–Kier alpha value is -0.650. The van der Waals surface area contributed by atoms with E-state index in [1.165, 1.54) is 0 Å². The average Bonchev–Trinajstić information content (AvgIpc) is 2.89. The number of nitrogens with zero attached hydrogens (tertiary/aromatic N) is 3. The molecule has 2 atom stereocenters. The van der Waals surface area contributed by atoms with E-state index < -0.39 is 6.10 Å². The zero-order chi connectivity index (χ0) is 17.0. The van der Waals surface area contributed by atoms with Crippen LogP contribution in [0.5, 0.6) is 0 Å². The molecular formula is C18H33N3O2. The van der Waals surface area contributed by atoms with Gasteiger partial charge < -0.3 is 14.9 Å². The number of aliphatic hydroxyl groups excluding tert-OH is 1. The summed E-state index contributed by atoms with van der Waals surface area (Å²) < 4.78 is 0. The van der Waals surface area contributed by atoms with Gasteiger partial charge in [0.1, 0.15) is 0 Å². The highest BCUT2D eigenvalue weighted by Gasteiger charge is 2.69. The first-order chi connectivity index (χ1) is 10.7. The number of carbonyl (C=O) groups is 1. The number of likely N-dealkylation sites (N-methyl/N-ethyl adjacent to an activating group) is 1. The minimum atomic E-state index is -0.416. The average molecular weight is 323 g/mol. The highest BCUT2D eigenvalue weighted by Crippen LogP contribution is 2.68. The smallest absolute Gasteiger partial charge is 0.226 e. The number of likely N-dealkylation sites (tertiary alicyclic amines) is 1. The number of carbonyl (C=O) groups excluding carboxylic acids is 1. The van der Waals surface area contributed by atoms with Crippen molar-refractivity contribution >= 4 is 5.91 Å². The number of aliphatic hydroxyl groups is 1. The summed E-state index contributed by atoms with van der Waals surface area (Å²) in [7, 11) is 2.15. The highest BCUT2D eigenvalue weighted by molar-refractivity contribution is 5.84. The molecule has 5 heteroatoms. The molecule has 2 aliphatic heterocycles. The first-order valence-electron chi connectivity index (χ1n) is 9.05. The van der Waals surface area contributed by atoms with E-state index in [0.717, 1.165) is 39.1 Å². The van der Waals surface area contributed by atoms with E-state index in [0.29, 0.717) is 6.54 Å². The lowest BCUT2D eigenvalue weighted by Gasteiger charge is -2.44. The van der Waals surface area contributed by atoms with Gasteiger partial charge >= 0.3 is 0 Å². The van der Waals surface area contributed by atoms with Gasteiger partial charge in [0.15, 0.2) is 0 Å². The molecule has 1 aliphatic carbocycles. The van der Waals surface area contributed by atoms with E-state index in [1.807, 2.05) is 4.90 Å². The van der Waals surface area contributed by atoms with Crippen LogP contribution in [0.15, 0.2) is 0 Å². The van der Waals surface area contributed by atoms with Crippen molar-refractivity contribution in [2.24, 2.45) is 16.7 Å². The molecule has 3 rings (SSSR count). The van der Waals surface area contributed by atoms with E-state index in [9.17, 15) is 9.90 Å². The van der Waals surface area contributed by atoms with Crippen LogP contribution in [0.3, 0.4) is 0 Å². The molecule has 0 aromatic carbocycles. The summed E-state index contributed by atoms with van der Waals surface area (Å²) in [4.78, 5) is 19.5. The number of hydrogen-bond acceptors (Lipinski definition) is 4. The normalized spacial score (nSPS) is 35.3. The molecule has 23 heavy (non-hydrogen) atoms. The Morgan fingerprint density at radius 1 is 1.00 bits per heavy atom. The van der Waals surface area contributed by atoms with E-state index >= 15 is 0 Å². The summed E-state index contributed by atoms with van der Waals surface area (Å²) in [5.41, 5.74) is 0.146. The second kappa shape index (κ2) is 5.71. The van der Waals surface area contributed by atoms with Crippen LogP contribution >= 0.6 is 0 Å². The Morgan fingerprint density at radius 3 is 2.04 bits per heavy atom. The second-order valence-electron chi connectivity index (χ2n) is 8.92. The van der Waals surface area contributed by atoms with Crippen LogP contribution in [0, 0.1) is 16.7 Å². The lowest BCUT2D eigenvalue weighted by Crippen LogP contribution is -2.59. The van der Waals surface area contributed by atoms with E-state index in [1.54, 1.807) is 0 Å². The lowest BCUT2D eigenvalue weighted by atomic mass is 9.98. The van der Waals surface area contributed by atoms with E-state index in [-0.39, 0.29) is 28.7 Å². The summed E-state index contributed by atoms with van der Waals surface area (Å²) in [5.74, 6) is 0.346. The molecule has 1 amide bonds. The summed E-state index contributed by atoms with van der Waals surface area (Å²) in [6, 6.07) is 0.216. The predicted molar refractivity (Wildman–Crippen MR) is 91.1 cm³/mol. The molecule has 0 unspecified atom stereocenters. The fraction of sp³-hybridized carbons (Fsp3) is 0.944. The van der Waals surface area contributed by atoms with Gasteiger partial charge in [0, 0.05) is 51.2 Å². The predicted octanol–water partition coefficient (Wildman–Crippen LogP) is 0.878. The molecule has 0 aromatic heterocycles. The third kappa shape index (κ3) is 2.81. The first kappa shape index (κ1) is 17.2. The SMILES string of the molecule is CN1CCN([C@@H]2CCN(C(=O)C3C(C)(C)C3(C)C)C[C@H]2O)CC1. The first-order valence-corrected chi connectivity index (χ1v) is 9.05. The second-order valence-corrected chi connectivity index (χ2v) is 8.92. The zero-order valence-corrected chi connectivity index (χ0v) is 15.4. The molecule has 0 bridgehead atoms. The van der Waals surface area contributed by atoms with Crippen molar-refractivity contribution in [2.75, 3.05) is 46.3 Å². The monoisotopic (exact) mass is 323 g/mol. The molecule has 0 spiro atoms. The maximum Gasteiger partial charge on any atom is 0.226 e. The Morgan fingerprint density at radius 2 is 1.57 bits per heavy atom. The molecule has 0 aromatic rings. The fourth-order valence-electron chi connectivity index (χ4n) is 4.70. The fourth-order valence-corrected chi connectivity index (χ4v) is 4.70. The van der Waals surface area contributed by atoms with Gasteiger partial charge in [0.2, 0.25) is 5.91 Å². The largest absolute Gasteiger partial charge is 0.390 e. The summed E-state index contributed by atoms with van der Waals surface area (Å²) in [6.07, 6.45) is 0.477. The molecule has 3 fully saturated rings. The Labute approximate surface area is 140 Å². The van der Waals surface area contributed by atoms with Gasteiger partial charge in [-0.25, -0.2) is 0 Å². The Balaban J connectivity index is 1.58. The van der Waals surface area contributed by atoms with Crippen molar-refractivity contribution in [3.05, 3.63) is 0 Å². The molecule has 3 aliphatic rings. The van der Waals surface area contributed by atoms with Crippen LogP contribution in [0.25, 0.3) is 0 Å². The van der Waals surface area contributed by atoms with Crippen LogP contribution in [0.4, 0.5) is 0 Å². The van der Waals surface area contributed by atoms with Gasteiger partial charge in [-0.3, -0.25) is 9.69 Å². The Kier molecular flexibility index (Phi) is 4.27. The van der Waals surface area contributed by atoms with E-state index in [4.69, 9.17) is 0 Å². The number of rotatable bonds is 2. The molecule has 2 saturated heterocycles. The van der Waals surface area contributed by atoms with Crippen molar-refractivity contribution in [3.63, 3.8) is 0 Å². The number of amides is 1. The number of hydrogen-bond donors (Lipinski definition) is 1. The van der Waals surface area contributed by atoms with Gasteiger partial charge in [-0.15, -0.1) is 0 Å². The van der Waals surface area contributed by atoms with Crippen LogP contribution in [0.1, 0.15) is 34.1 Å². The van der Waals surface area contributed by atoms with Crippen LogP contribution in [-0.2, 0) is 4.79 Å². The maximum absolute atomic E-state index is 12.9. The quantitative estimate of drug-likeness (QED) is 0.819. The van der Waals surface area contributed by atoms with Gasteiger partial charge in [-0.1, -0.05) is 27.7 Å². The lowest BCUT2D eigenvalue weighted by molar-refractivity contribution is -0.139. The van der Waals surface area contributed by atoms with Crippen LogP contribution in [0.2, 0.25) is 0 Å². The molecule has 0 radical (unpaired) electrons. The highest BCUT2D eigenvalue weighted by atomic mass is 16.3. The number of piperidine rings is 1. The molecule has 5 nitrogen and oxygen atoms in total. The van der Waals surface area contributed by atoms with Crippen molar-refractivity contribution in [1.82, 2.24) is 14.7 Å². The summed E-state index contributed by atoms with van der Waals surface area (Å²) >= 11 is 0. The maximum atomic E-state index is 12.9. The third-order valence-electron chi connectivity index (χ3n) is 7.13. The minimum absolute atomic E-state index is 0.0728. The molecule has 2 heterocycles. The van der Waals surface area contributed by atoms with Crippen molar-refractivity contribution in [3.8, 4) is 0 Å². The van der Waals surface area contributed by atoms with E-state index in [2.05, 4.69) is 44.5 Å². The molecular weight excluding hydrogens is 290 g/mol. The third-order valence-corrected chi connectivity index (χ3v) is 7.13. The minimum Gasteiger partial charge on any atom is -0.390 e. The standard InChI is InChI=1S/C18H33N3O2/c1-17(2)15(18(17,3)4)16(23)21-7-6-13(14(22)12-21)20-10-8-19(5)9-11-20/h13-15,22H,6-12H2,1-5H3/t13-,14-/m1/s1. The van der Waals surface area contributed by atoms with Crippen molar-refractivity contribution in [1.29, 1.82) is 0 Å². The van der Waals surface area contributed by atoms with Crippen molar-refractivity contribution in [2.45, 2.75) is 46.3 Å². The van der Waals surface area contributed by atoms with Gasteiger partial charge in [-0.2, -0.15) is 0 Å². The summed E-state index contributed by atoms with van der Waals surface area (Å²) in [5, 5.41) is 10.6. The van der Waals surface area contributed by atoms with Gasteiger partial charge in [0.25, 0.3) is 0 Å². The van der Waals surface area contributed by atoms with Gasteiger partial charge in [0.05, 0.1) is 6.10 Å². The number of β-amino-alcohol motifs (C(OH)–C–C–N with tert-alkyl or cyclic N) is 1. The number of piperazine rings is 1. The molecule has 1 N–H and O–H groups in total.